The van der Waals surface area contributed by atoms with Crippen LogP contribution >= 0.6 is 0 Å². The molecule has 1 aromatic carbocycles. The summed E-state index contributed by atoms with van der Waals surface area (Å²) in [4.78, 5) is 8.09. The van der Waals surface area contributed by atoms with Crippen LogP contribution in [-0.4, -0.2) is 94.4 Å². The minimum Gasteiger partial charge on any atom is -0.381 e. The number of hydrogen-bond acceptors (Lipinski definition) is 6. The molecule has 0 N–H and O–H groups in total. The first-order valence-electron chi connectivity index (χ1n) is 11.5. The summed E-state index contributed by atoms with van der Waals surface area (Å²) < 4.78 is 29.3. The van der Waals surface area contributed by atoms with E-state index in [1.165, 1.54) is 63.7 Å². The van der Waals surface area contributed by atoms with Crippen molar-refractivity contribution in [2.24, 2.45) is 5.92 Å². The van der Waals surface area contributed by atoms with Gasteiger partial charge in [-0.15, -0.1) is 0 Å². The Labute approximate surface area is 182 Å². The third kappa shape index (κ3) is 6.04. The molecule has 168 valence electrons. The van der Waals surface area contributed by atoms with Crippen LogP contribution in [0.5, 0.6) is 0 Å². The van der Waals surface area contributed by atoms with E-state index < -0.39 is 9.84 Å². The molecule has 6 nitrogen and oxygen atoms in total. The average molecular weight is 436 g/mol. The van der Waals surface area contributed by atoms with Gasteiger partial charge in [0.25, 0.3) is 0 Å². The van der Waals surface area contributed by atoms with Crippen LogP contribution < -0.4 is 0 Å². The van der Waals surface area contributed by atoms with E-state index in [0.29, 0.717) is 16.9 Å². The van der Waals surface area contributed by atoms with Gasteiger partial charge < -0.3 is 9.64 Å². The number of nitrogens with zero attached hydrogens (tertiary/aromatic N) is 3. The maximum Gasteiger partial charge on any atom is 0.175 e. The summed E-state index contributed by atoms with van der Waals surface area (Å²) in [5.74, 6) is 0.681. The van der Waals surface area contributed by atoms with E-state index in [2.05, 4.69) is 14.7 Å². The van der Waals surface area contributed by atoms with Crippen molar-refractivity contribution < 1.29 is 13.2 Å². The van der Waals surface area contributed by atoms with Crippen LogP contribution in [0.4, 0.5) is 0 Å². The van der Waals surface area contributed by atoms with E-state index in [-0.39, 0.29) is 0 Å². The fraction of sp³-hybridized carbons (Fsp3) is 0.739. The molecule has 3 heterocycles. The number of likely N-dealkylation sites (tertiary alicyclic amines) is 1. The summed E-state index contributed by atoms with van der Waals surface area (Å²) >= 11 is 0. The van der Waals surface area contributed by atoms with Gasteiger partial charge in [0.05, 0.1) is 11.5 Å². The lowest BCUT2D eigenvalue weighted by Gasteiger charge is -2.46. The summed E-state index contributed by atoms with van der Waals surface area (Å²) in [6, 6.07) is 8.03. The van der Waals surface area contributed by atoms with Crippen molar-refractivity contribution in [3.05, 3.63) is 29.8 Å². The molecule has 3 aliphatic rings. The number of sulfone groups is 1. The summed E-state index contributed by atoms with van der Waals surface area (Å²) in [5, 5.41) is 0. The first kappa shape index (κ1) is 22.2. The zero-order chi connectivity index (χ0) is 21.0. The van der Waals surface area contributed by atoms with Gasteiger partial charge in [-0.05, 0) is 62.4 Å². The Morgan fingerprint density at radius 3 is 2.50 bits per heavy atom. The monoisotopic (exact) mass is 435 g/mol. The molecule has 3 fully saturated rings. The maximum absolute atomic E-state index is 11.6. The molecule has 0 saturated carbocycles. The van der Waals surface area contributed by atoms with Gasteiger partial charge in [0.15, 0.2) is 9.84 Å². The van der Waals surface area contributed by atoms with E-state index in [0.717, 1.165) is 39.4 Å². The molecular formula is C23H37N3O3S. The van der Waals surface area contributed by atoms with Gasteiger partial charge in [-0.1, -0.05) is 12.1 Å². The molecule has 3 aliphatic heterocycles. The van der Waals surface area contributed by atoms with Crippen LogP contribution in [0.1, 0.15) is 31.2 Å². The van der Waals surface area contributed by atoms with Gasteiger partial charge in [0.2, 0.25) is 0 Å². The molecule has 0 bridgehead atoms. The zero-order valence-corrected chi connectivity index (χ0v) is 19.2. The largest absolute Gasteiger partial charge is 0.381 e. The summed E-state index contributed by atoms with van der Waals surface area (Å²) in [6.45, 7) is 11.0. The minimum atomic E-state index is -3.12. The summed E-state index contributed by atoms with van der Waals surface area (Å²) in [7, 11) is -3.12. The number of rotatable bonds is 9. The number of fused-ring (bicyclic) bond motifs is 1. The van der Waals surface area contributed by atoms with Crippen molar-refractivity contribution in [1.82, 2.24) is 14.7 Å². The second-order valence-electron chi connectivity index (χ2n) is 9.37. The number of ether oxygens (including phenoxy) is 1. The second kappa shape index (κ2) is 10.1. The molecule has 0 amide bonds. The fourth-order valence-corrected chi connectivity index (χ4v) is 5.58. The predicted molar refractivity (Wildman–Crippen MR) is 119 cm³/mol. The standard InChI is InChI=1S/C23H37N3O3S/c1-30(27,28)23-8-5-20(6-9-23)16-25-13-14-26-17-21(4-7-22(26)18-25)19-29-15-3-12-24-10-2-11-24/h5-6,8-9,21-22H,2-4,7,10-19H2,1H3. The normalized spacial score (nSPS) is 26.3. The van der Waals surface area contributed by atoms with Crippen molar-refractivity contribution in [2.75, 3.05) is 65.3 Å². The molecule has 0 aromatic heterocycles. The molecule has 0 aliphatic carbocycles. The Morgan fingerprint density at radius 1 is 1.00 bits per heavy atom. The highest BCUT2D eigenvalue weighted by Gasteiger charge is 2.32. The van der Waals surface area contributed by atoms with Crippen molar-refractivity contribution in [3.8, 4) is 0 Å². The van der Waals surface area contributed by atoms with Crippen LogP contribution in [0.3, 0.4) is 0 Å². The molecule has 2 unspecified atom stereocenters. The minimum absolute atomic E-state index is 0.400. The van der Waals surface area contributed by atoms with Crippen molar-refractivity contribution in [1.29, 1.82) is 0 Å². The van der Waals surface area contributed by atoms with E-state index >= 15 is 0 Å². The van der Waals surface area contributed by atoms with Gasteiger partial charge in [-0.3, -0.25) is 9.80 Å². The van der Waals surface area contributed by atoms with Crippen molar-refractivity contribution in [2.45, 2.75) is 43.2 Å². The highest BCUT2D eigenvalue weighted by Crippen LogP contribution is 2.26. The van der Waals surface area contributed by atoms with Crippen LogP contribution in [0, 0.1) is 5.92 Å². The van der Waals surface area contributed by atoms with E-state index in [4.69, 9.17) is 4.74 Å². The highest BCUT2D eigenvalue weighted by molar-refractivity contribution is 7.90. The van der Waals surface area contributed by atoms with Gasteiger partial charge in [0.1, 0.15) is 0 Å². The quantitative estimate of drug-likeness (QED) is 0.554. The Morgan fingerprint density at radius 2 is 1.80 bits per heavy atom. The molecule has 4 rings (SSSR count). The number of benzene rings is 1. The molecule has 0 radical (unpaired) electrons. The first-order chi connectivity index (χ1) is 14.5. The molecule has 0 spiro atoms. The SMILES string of the molecule is CS(=O)(=O)c1ccc(CN2CCN3CC(COCCCN4CCC4)CCC3C2)cc1. The lowest BCUT2D eigenvalue weighted by molar-refractivity contribution is -0.00356. The lowest BCUT2D eigenvalue weighted by atomic mass is 9.91. The number of piperidine rings is 1. The van der Waals surface area contributed by atoms with E-state index in [1.807, 2.05) is 12.1 Å². The molecule has 1 aromatic rings. The summed E-state index contributed by atoms with van der Waals surface area (Å²) in [6.07, 6.45) is 6.32. The average Bonchev–Trinajstić information content (AvgIpc) is 2.69. The predicted octanol–water partition coefficient (Wildman–Crippen LogP) is 2.10. The topological polar surface area (TPSA) is 53.1 Å². The maximum atomic E-state index is 11.6. The second-order valence-corrected chi connectivity index (χ2v) is 11.4. The van der Waals surface area contributed by atoms with Crippen LogP contribution in [-0.2, 0) is 21.1 Å². The Bertz CT molecular complexity index is 779. The Kier molecular flexibility index (Phi) is 7.47. The van der Waals surface area contributed by atoms with Crippen LogP contribution in [0.25, 0.3) is 0 Å². The first-order valence-corrected chi connectivity index (χ1v) is 13.4. The van der Waals surface area contributed by atoms with Crippen LogP contribution in [0.2, 0.25) is 0 Å². The van der Waals surface area contributed by atoms with Crippen molar-refractivity contribution in [3.63, 3.8) is 0 Å². The molecular weight excluding hydrogens is 398 g/mol. The molecule has 7 heteroatoms. The highest BCUT2D eigenvalue weighted by atomic mass is 32.2. The Balaban J connectivity index is 1.16. The Hall–Kier alpha value is -0.990. The van der Waals surface area contributed by atoms with E-state index in [1.54, 1.807) is 12.1 Å². The summed E-state index contributed by atoms with van der Waals surface area (Å²) in [5.41, 5.74) is 1.19. The molecule has 2 atom stereocenters. The third-order valence-corrected chi connectivity index (χ3v) is 8.04. The number of piperazine rings is 1. The molecule has 3 saturated heterocycles. The van der Waals surface area contributed by atoms with Crippen molar-refractivity contribution >= 4 is 9.84 Å². The van der Waals surface area contributed by atoms with Gasteiger partial charge >= 0.3 is 0 Å². The lowest BCUT2D eigenvalue weighted by Crippen LogP contribution is -2.56. The smallest absolute Gasteiger partial charge is 0.175 e. The van der Waals surface area contributed by atoms with Gasteiger partial charge in [-0.2, -0.15) is 0 Å². The third-order valence-electron chi connectivity index (χ3n) is 6.91. The molecule has 30 heavy (non-hydrogen) atoms. The van der Waals surface area contributed by atoms with Gasteiger partial charge in [-0.25, -0.2) is 8.42 Å². The fourth-order valence-electron chi connectivity index (χ4n) is 4.95. The van der Waals surface area contributed by atoms with E-state index in [9.17, 15) is 8.42 Å². The number of hydrogen-bond donors (Lipinski definition) is 0. The van der Waals surface area contributed by atoms with Gasteiger partial charge in [0, 0.05) is 58.2 Å². The van der Waals surface area contributed by atoms with Crippen LogP contribution in [0.15, 0.2) is 29.2 Å². The zero-order valence-electron chi connectivity index (χ0n) is 18.3.